The summed E-state index contributed by atoms with van der Waals surface area (Å²) in [5.74, 6) is 0.972. The van der Waals surface area contributed by atoms with Crippen molar-refractivity contribution >= 4 is 28.4 Å². The van der Waals surface area contributed by atoms with Gasteiger partial charge in [0.15, 0.2) is 0 Å². The number of aromatic nitrogens is 1. The van der Waals surface area contributed by atoms with Gasteiger partial charge < -0.3 is 25.3 Å². The van der Waals surface area contributed by atoms with Gasteiger partial charge in [0.05, 0.1) is 13.7 Å². The number of carbonyl (C=O) groups is 2. The molecular formula is C25H33N5O3. The Bertz CT molecular complexity index is 1050. The number of hydrogen-bond donors (Lipinski definition) is 3. The molecule has 2 aliphatic heterocycles. The van der Waals surface area contributed by atoms with E-state index < -0.39 is 0 Å². The van der Waals surface area contributed by atoms with Crippen LogP contribution in [0.25, 0.3) is 16.5 Å². The van der Waals surface area contributed by atoms with E-state index in [1.54, 1.807) is 7.11 Å². The van der Waals surface area contributed by atoms with E-state index in [-0.39, 0.29) is 18.0 Å². The van der Waals surface area contributed by atoms with Gasteiger partial charge in [-0.3, -0.25) is 9.69 Å². The van der Waals surface area contributed by atoms with Crippen molar-refractivity contribution < 1.29 is 14.3 Å². The Kier molecular flexibility index (Phi) is 6.26. The first-order valence-electron chi connectivity index (χ1n) is 12.0. The highest BCUT2D eigenvalue weighted by atomic mass is 16.5. The van der Waals surface area contributed by atoms with E-state index in [1.807, 2.05) is 23.2 Å². The van der Waals surface area contributed by atoms with Gasteiger partial charge in [0.1, 0.15) is 5.75 Å². The van der Waals surface area contributed by atoms with Crippen LogP contribution in [0.4, 0.5) is 4.79 Å². The molecule has 8 heteroatoms. The monoisotopic (exact) mass is 451 g/mol. The number of carbonyl (C=O) groups excluding carboxylic acids is 2. The highest BCUT2D eigenvalue weighted by Gasteiger charge is 2.27. The molecule has 1 saturated carbocycles. The third kappa shape index (κ3) is 5.16. The van der Waals surface area contributed by atoms with E-state index in [2.05, 4.69) is 32.7 Å². The van der Waals surface area contributed by atoms with Gasteiger partial charge in [-0.05, 0) is 55.9 Å². The van der Waals surface area contributed by atoms with Crippen molar-refractivity contribution in [3.63, 3.8) is 0 Å². The summed E-state index contributed by atoms with van der Waals surface area (Å²) in [5.41, 5.74) is 3.53. The Hall–Kier alpha value is -3.00. The lowest BCUT2D eigenvalue weighted by atomic mass is 9.99. The molecule has 8 nitrogen and oxygen atoms in total. The van der Waals surface area contributed by atoms with Crippen LogP contribution in [0.2, 0.25) is 0 Å². The molecule has 2 fully saturated rings. The Morgan fingerprint density at radius 2 is 1.88 bits per heavy atom. The van der Waals surface area contributed by atoms with E-state index in [4.69, 9.17) is 4.74 Å². The van der Waals surface area contributed by atoms with Crippen molar-refractivity contribution in [2.24, 2.45) is 0 Å². The van der Waals surface area contributed by atoms with Gasteiger partial charge in [-0.1, -0.05) is 6.08 Å². The van der Waals surface area contributed by atoms with E-state index in [1.165, 1.54) is 11.1 Å². The molecule has 1 aromatic carbocycles. The van der Waals surface area contributed by atoms with Gasteiger partial charge in [0, 0.05) is 60.9 Å². The first-order chi connectivity index (χ1) is 16.1. The zero-order valence-electron chi connectivity index (χ0n) is 19.2. The topological polar surface area (TPSA) is 89.7 Å². The fourth-order valence-corrected chi connectivity index (χ4v) is 4.80. The average molecular weight is 452 g/mol. The van der Waals surface area contributed by atoms with E-state index >= 15 is 0 Å². The summed E-state index contributed by atoms with van der Waals surface area (Å²) in [6.07, 6.45) is 9.03. The average Bonchev–Trinajstić information content (AvgIpc) is 3.55. The number of aromatic amines is 1. The number of ether oxygens (including phenoxy) is 1. The number of nitrogens with one attached hydrogen (secondary N) is 3. The van der Waals surface area contributed by atoms with Gasteiger partial charge in [0.25, 0.3) is 0 Å². The maximum Gasteiger partial charge on any atom is 0.317 e. The summed E-state index contributed by atoms with van der Waals surface area (Å²) in [5, 5.41) is 7.40. The molecule has 2 aromatic rings. The largest absolute Gasteiger partial charge is 0.497 e. The number of rotatable bonds is 6. The molecule has 3 N–H and O–H groups in total. The van der Waals surface area contributed by atoms with Crippen LogP contribution in [0, 0.1) is 0 Å². The fraction of sp³-hybridized carbons (Fsp3) is 0.520. The molecule has 0 radical (unpaired) electrons. The summed E-state index contributed by atoms with van der Waals surface area (Å²) in [6.45, 7) is 3.47. The van der Waals surface area contributed by atoms with Crippen LogP contribution in [0.1, 0.15) is 37.7 Å². The minimum Gasteiger partial charge on any atom is -0.497 e. The van der Waals surface area contributed by atoms with Crippen LogP contribution in [-0.4, -0.2) is 78.6 Å². The molecule has 1 aromatic heterocycles. The number of piperidine rings is 1. The number of H-pyrrole nitrogens is 1. The standard InChI is InChI=1S/C25H33N5O3/c1-33-20-4-5-23-21(14-20)22(15-26-23)17-6-12-30(13-7-17)25(32)28-19-8-10-29(11-9-19)16-24(31)27-18-2-3-18/h4-6,14-15,18-19,26H,2-3,7-13,16H2,1H3,(H,27,31)(H,28,32). The van der Waals surface area contributed by atoms with E-state index in [0.29, 0.717) is 25.7 Å². The van der Waals surface area contributed by atoms with Crippen LogP contribution in [0.15, 0.2) is 30.5 Å². The van der Waals surface area contributed by atoms with Gasteiger partial charge >= 0.3 is 6.03 Å². The molecule has 5 rings (SSSR count). The highest BCUT2D eigenvalue weighted by molar-refractivity contribution is 5.94. The SMILES string of the molecule is COc1ccc2[nH]cc(C3=CCN(C(=O)NC4CCN(CC(=O)NC5CC5)CC4)CC3)c2c1. The van der Waals surface area contributed by atoms with Crippen molar-refractivity contribution in [2.45, 2.75) is 44.2 Å². The summed E-state index contributed by atoms with van der Waals surface area (Å²) >= 11 is 0. The zero-order chi connectivity index (χ0) is 22.8. The van der Waals surface area contributed by atoms with Gasteiger partial charge in [0.2, 0.25) is 5.91 Å². The fourth-order valence-electron chi connectivity index (χ4n) is 4.80. The second kappa shape index (κ2) is 9.47. The second-order valence-corrected chi connectivity index (χ2v) is 9.38. The lowest BCUT2D eigenvalue weighted by molar-refractivity contribution is -0.122. The van der Waals surface area contributed by atoms with Crippen molar-refractivity contribution in [3.8, 4) is 5.75 Å². The Balaban J connectivity index is 1.11. The molecule has 3 heterocycles. The predicted molar refractivity (Wildman–Crippen MR) is 128 cm³/mol. The molecule has 3 amide bonds. The van der Waals surface area contributed by atoms with Gasteiger partial charge in [-0.25, -0.2) is 4.79 Å². The number of methoxy groups -OCH3 is 1. The van der Waals surface area contributed by atoms with E-state index in [9.17, 15) is 9.59 Å². The maximum absolute atomic E-state index is 12.8. The van der Waals surface area contributed by atoms with Crippen molar-refractivity contribution in [3.05, 3.63) is 36.0 Å². The van der Waals surface area contributed by atoms with Crippen LogP contribution in [0.5, 0.6) is 5.75 Å². The zero-order valence-corrected chi connectivity index (χ0v) is 19.2. The van der Waals surface area contributed by atoms with Crippen LogP contribution in [0.3, 0.4) is 0 Å². The Morgan fingerprint density at radius 3 is 2.58 bits per heavy atom. The minimum atomic E-state index is 0.0100. The van der Waals surface area contributed by atoms with E-state index in [0.717, 1.165) is 61.8 Å². The van der Waals surface area contributed by atoms with Crippen molar-refractivity contribution in [2.75, 3.05) is 39.8 Å². The van der Waals surface area contributed by atoms with Gasteiger partial charge in [-0.15, -0.1) is 0 Å². The molecule has 1 saturated heterocycles. The number of amides is 3. The number of benzene rings is 1. The summed E-state index contributed by atoms with van der Waals surface area (Å²) in [4.78, 5) is 32.2. The molecule has 0 unspecified atom stereocenters. The molecule has 1 aliphatic carbocycles. The number of nitrogens with zero attached hydrogens (tertiary/aromatic N) is 2. The second-order valence-electron chi connectivity index (χ2n) is 9.38. The smallest absolute Gasteiger partial charge is 0.317 e. The third-order valence-electron chi connectivity index (χ3n) is 6.96. The minimum absolute atomic E-state index is 0.0100. The number of likely N-dealkylation sites (tertiary alicyclic amines) is 1. The third-order valence-corrected chi connectivity index (χ3v) is 6.96. The number of fused-ring (bicyclic) bond motifs is 1. The summed E-state index contributed by atoms with van der Waals surface area (Å²) in [7, 11) is 1.68. The molecule has 33 heavy (non-hydrogen) atoms. The van der Waals surface area contributed by atoms with Crippen LogP contribution < -0.4 is 15.4 Å². The lowest BCUT2D eigenvalue weighted by Gasteiger charge is -2.34. The highest BCUT2D eigenvalue weighted by Crippen LogP contribution is 2.31. The summed E-state index contributed by atoms with van der Waals surface area (Å²) in [6, 6.07) is 6.64. The Morgan fingerprint density at radius 1 is 1.09 bits per heavy atom. The lowest BCUT2D eigenvalue weighted by Crippen LogP contribution is -2.51. The number of hydrogen-bond acceptors (Lipinski definition) is 4. The normalized spacial score (nSPS) is 19.9. The molecular weight excluding hydrogens is 418 g/mol. The Labute approximate surface area is 194 Å². The van der Waals surface area contributed by atoms with Crippen molar-refractivity contribution in [1.29, 1.82) is 0 Å². The molecule has 176 valence electrons. The molecule has 0 spiro atoms. The number of urea groups is 1. The van der Waals surface area contributed by atoms with Crippen molar-refractivity contribution in [1.82, 2.24) is 25.4 Å². The van der Waals surface area contributed by atoms with Gasteiger partial charge in [-0.2, -0.15) is 0 Å². The first kappa shape index (κ1) is 21.8. The molecule has 0 bridgehead atoms. The molecule has 3 aliphatic rings. The van der Waals surface area contributed by atoms with Crippen LogP contribution in [-0.2, 0) is 4.79 Å². The quantitative estimate of drug-likeness (QED) is 0.630. The molecule has 0 atom stereocenters. The maximum atomic E-state index is 12.8. The van der Waals surface area contributed by atoms with Crippen LogP contribution >= 0.6 is 0 Å². The first-order valence-corrected chi connectivity index (χ1v) is 12.0. The summed E-state index contributed by atoms with van der Waals surface area (Å²) < 4.78 is 5.38. The predicted octanol–water partition coefficient (Wildman–Crippen LogP) is 2.72.